The first kappa shape index (κ1) is 12.8. The predicted octanol–water partition coefficient (Wildman–Crippen LogP) is 1.24. The van der Waals surface area contributed by atoms with E-state index < -0.39 is 9.84 Å². The van der Waals surface area contributed by atoms with E-state index in [0.717, 1.165) is 5.39 Å². The van der Waals surface area contributed by atoms with Gasteiger partial charge < -0.3 is 10.5 Å². The summed E-state index contributed by atoms with van der Waals surface area (Å²) < 4.78 is 28.8. The van der Waals surface area contributed by atoms with Gasteiger partial charge in [0.2, 0.25) is 0 Å². The smallest absolute Gasteiger partial charge is 0.197 e. The van der Waals surface area contributed by atoms with E-state index in [1.165, 1.54) is 13.2 Å². The highest BCUT2D eigenvalue weighted by molar-refractivity contribution is 7.91. The van der Waals surface area contributed by atoms with Crippen molar-refractivity contribution in [3.8, 4) is 0 Å². The van der Waals surface area contributed by atoms with Gasteiger partial charge in [-0.05, 0) is 12.1 Å². The quantitative estimate of drug-likeness (QED) is 0.900. The van der Waals surface area contributed by atoms with Crippen molar-refractivity contribution >= 4 is 26.4 Å². The molecule has 1 heterocycles. The minimum Gasteiger partial charge on any atom is -0.398 e. The van der Waals surface area contributed by atoms with E-state index in [2.05, 4.69) is 4.98 Å². The molecule has 5 nitrogen and oxygen atoms in total. The third kappa shape index (κ3) is 2.44. The van der Waals surface area contributed by atoms with Crippen LogP contribution in [0.5, 0.6) is 0 Å². The number of hydrogen-bond acceptors (Lipinski definition) is 5. The van der Waals surface area contributed by atoms with Crippen LogP contribution in [0.15, 0.2) is 35.4 Å². The number of rotatable bonds is 4. The SMILES string of the molecule is COCCS(=O)(=O)c1cc(N)c2ccccc2n1. The zero-order valence-electron chi connectivity index (χ0n) is 9.96. The van der Waals surface area contributed by atoms with Crippen molar-refractivity contribution in [1.29, 1.82) is 0 Å². The van der Waals surface area contributed by atoms with Crippen LogP contribution in [0.25, 0.3) is 10.9 Å². The first-order chi connectivity index (χ1) is 8.54. The number of hydrogen-bond donors (Lipinski definition) is 1. The summed E-state index contributed by atoms with van der Waals surface area (Å²) in [7, 11) is -2.00. The monoisotopic (exact) mass is 266 g/mol. The largest absolute Gasteiger partial charge is 0.398 e. The number of ether oxygens (including phenoxy) is 1. The number of methoxy groups -OCH3 is 1. The minimum atomic E-state index is -3.45. The molecule has 0 saturated heterocycles. The van der Waals surface area contributed by atoms with E-state index >= 15 is 0 Å². The lowest BCUT2D eigenvalue weighted by Crippen LogP contribution is -2.13. The Hall–Kier alpha value is -1.66. The normalized spacial score (nSPS) is 11.8. The molecule has 18 heavy (non-hydrogen) atoms. The van der Waals surface area contributed by atoms with E-state index in [-0.39, 0.29) is 17.4 Å². The average molecular weight is 266 g/mol. The second-order valence-corrected chi connectivity index (χ2v) is 5.93. The molecule has 0 aliphatic heterocycles. The Kier molecular flexibility index (Phi) is 3.49. The van der Waals surface area contributed by atoms with Crippen LogP contribution >= 0.6 is 0 Å². The van der Waals surface area contributed by atoms with Crippen LogP contribution in [0.1, 0.15) is 0 Å². The summed E-state index contributed by atoms with van der Waals surface area (Å²) in [6, 6.07) is 8.57. The molecule has 0 spiro atoms. The number of anilines is 1. The van der Waals surface area contributed by atoms with Gasteiger partial charge >= 0.3 is 0 Å². The minimum absolute atomic E-state index is 0.00394. The van der Waals surface area contributed by atoms with E-state index in [0.29, 0.717) is 11.2 Å². The van der Waals surface area contributed by atoms with Crippen LogP contribution in [-0.2, 0) is 14.6 Å². The molecule has 1 aromatic carbocycles. The summed E-state index contributed by atoms with van der Waals surface area (Å²) in [6.45, 7) is 0.136. The Labute approximate surface area is 106 Å². The van der Waals surface area contributed by atoms with Crippen LogP contribution < -0.4 is 5.73 Å². The number of pyridine rings is 1. The second-order valence-electron chi connectivity index (χ2n) is 3.88. The molecule has 0 fully saturated rings. The van der Waals surface area contributed by atoms with Crippen LogP contribution in [0, 0.1) is 0 Å². The van der Waals surface area contributed by atoms with Gasteiger partial charge in [-0.3, -0.25) is 0 Å². The zero-order valence-corrected chi connectivity index (χ0v) is 10.8. The van der Waals surface area contributed by atoms with Crippen LogP contribution in [0.4, 0.5) is 5.69 Å². The molecule has 0 aliphatic carbocycles. The van der Waals surface area contributed by atoms with Crippen molar-refractivity contribution in [3.63, 3.8) is 0 Å². The fourth-order valence-corrected chi connectivity index (χ4v) is 2.77. The standard InChI is InChI=1S/C12H14N2O3S/c1-17-6-7-18(15,16)12-8-10(13)9-4-2-3-5-11(9)14-12/h2-5,8H,6-7H2,1H3,(H2,13,14). The molecule has 2 rings (SSSR count). The number of nitrogens with zero attached hydrogens (tertiary/aromatic N) is 1. The molecule has 2 N–H and O–H groups in total. The van der Waals surface area contributed by atoms with Gasteiger partial charge in [0.1, 0.15) is 0 Å². The topological polar surface area (TPSA) is 82.3 Å². The maximum absolute atomic E-state index is 12.0. The summed E-state index contributed by atoms with van der Waals surface area (Å²) in [5.74, 6) is -0.103. The molecule has 0 amide bonds. The highest BCUT2D eigenvalue weighted by Crippen LogP contribution is 2.22. The van der Waals surface area contributed by atoms with Gasteiger partial charge in [0.05, 0.1) is 17.9 Å². The van der Waals surface area contributed by atoms with Crippen LogP contribution in [0.2, 0.25) is 0 Å². The molecule has 0 aliphatic rings. The van der Waals surface area contributed by atoms with Crippen LogP contribution in [-0.4, -0.2) is 32.9 Å². The van der Waals surface area contributed by atoms with Gasteiger partial charge in [-0.2, -0.15) is 0 Å². The number of para-hydroxylation sites is 1. The molecular formula is C12H14N2O3S. The number of nitrogens with two attached hydrogens (primary N) is 1. The lowest BCUT2D eigenvalue weighted by atomic mass is 10.2. The van der Waals surface area contributed by atoms with Gasteiger partial charge in [-0.15, -0.1) is 0 Å². The van der Waals surface area contributed by atoms with Gasteiger partial charge in [0.15, 0.2) is 14.9 Å². The van der Waals surface area contributed by atoms with Crippen molar-refractivity contribution in [1.82, 2.24) is 4.98 Å². The molecule has 96 valence electrons. The Bertz CT molecular complexity index is 668. The summed E-state index contributed by atoms with van der Waals surface area (Å²) in [5.41, 5.74) is 6.84. The lowest BCUT2D eigenvalue weighted by Gasteiger charge is -2.07. The van der Waals surface area contributed by atoms with E-state index in [1.54, 1.807) is 12.1 Å². The maximum Gasteiger partial charge on any atom is 0.197 e. The fourth-order valence-electron chi connectivity index (χ4n) is 1.63. The predicted molar refractivity (Wildman–Crippen MR) is 70.1 cm³/mol. The van der Waals surface area contributed by atoms with Crippen molar-refractivity contribution < 1.29 is 13.2 Å². The summed E-state index contributed by atoms with van der Waals surface area (Å²) >= 11 is 0. The molecule has 0 bridgehead atoms. The number of fused-ring (bicyclic) bond motifs is 1. The first-order valence-electron chi connectivity index (χ1n) is 5.41. The van der Waals surface area contributed by atoms with Gasteiger partial charge in [-0.25, -0.2) is 13.4 Å². The summed E-state index contributed by atoms with van der Waals surface area (Å²) in [6.07, 6.45) is 0. The van der Waals surface area contributed by atoms with Crippen molar-refractivity contribution in [2.24, 2.45) is 0 Å². The van der Waals surface area contributed by atoms with E-state index in [4.69, 9.17) is 10.5 Å². The molecule has 1 aromatic heterocycles. The fraction of sp³-hybridized carbons (Fsp3) is 0.250. The third-order valence-corrected chi connectivity index (χ3v) is 4.15. The average Bonchev–Trinajstić information content (AvgIpc) is 2.36. The van der Waals surface area contributed by atoms with Crippen molar-refractivity contribution in [2.45, 2.75) is 5.03 Å². The summed E-state index contributed by atoms with van der Waals surface area (Å²) in [4.78, 5) is 4.14. The lowest BCUT2D eigenvalue weighted by molar-refractivity contribution is 0.217. The Balaban J connectivity index is 2.53. The van der Waals surface area contributed by atoms with Gasteiger partial charge in [-0.1, -0.05) is 18.2 Å². The highest BCUT2D eigenvalue weighted by Gasteiger charge is 2.17. The van der Waals surface area contributed by atoms with E-state index in [1.807, 2.05) is 12.1 Å². The molecular weight excluding hydrogens is 252 g/mol. The molecule has 2 aromatic rings. The number of nitrogen functional groups attached to an aromatic ring is 1. The molecule has 0 unspecified atom stereocenters. The van der Waals surface area contributed by atoms with E-state index in [9.17, 15) is 8.42 Å². The third-order valence-electron chi connectivity index (χ3n) is 2.60. The summed E-state index contributed by atoms with van der Waals surface area (Å²) in [5, 5.41) is 0.749. The molecule has 6 heteroatoms. The second kappa shape index (κ2) is 4.91. The Morgan fingerprint density at radius 2 is 2.06 bits per heavy atom. The Morgan fingerprint density at radius 3 is 2.78 bits per heavy atom. The molecule has 0 saturated carbocycles. The zero-order chi connectivity index (χ0) is 13.2. The molecule has 0 radical (unpaired) electrons. The first-order valence-corrected chi connectivity index (χ1v) is 7.07. The number of benzene rings is 1. The number of sulfone groups is 1. The van der Waals surface area contributed by atoms with Crippen molar-refractivity contribution in [2.75, 3.05) is 25.2 Å². The van der Waals surface area contributed by atoms with Crippen molar-refractivity contribution in [3.05, 3.63) is 30.3 Å². The maximum atomic E-state index is 12.0. The van der Waals surface area contributed by atoms with Crippen LogP contribution in [0.3, 0.4) is 0 Å². The molecule has 0 atom stereocenters. The highest BCUT2D eigenvalue weighted by atomic mass is 32.2. The number of aromatic nitrogens is 1. The Morgan fingerprint density at radius 1 is 1.33 bits per heavy atom. The van der Waals surface area contributed by atoms with Gasteiger partial charge in [0, 0.05) is 18.2 Å². The van der Waals surface area contributed by atoms with Gasteiger partial charge in [0.25, 0.3) is 0 Å².